The number of nitrogens with zero attached hydrogens (tertiary/aromatic N) is 1. The van der Waals surface area contributed by atoms with E-state index < -0.39 is 0 Å². The van der Waals surface area contributed by atoms with Crippen LogP contribution in [0.1, 0.15) is 25.3 Å². The van der Waals surface area contributed by atoms with E-state index in [2.05, 4.69) is 46.0 Å². The fraction of sp³-hybridized carbons (Fsp3) is 0.600. The van der Waals surface area contributed by atoms with Crippen LogP contribution >= 0.6 is 15.9 Å². The van der Waals surface area contributed by atoms with Gasteiger partial charge >= 0.3 is 0 Å². The maximum atomic E-state index is 5.66. The van der Waals surface area contributed by atoms with Gasteiger partial charge in [-0.3, -0.25) is 0 Å². The van der Waals surface area contributed by atoms with Crippen LogP contribution in [-0.2, 0) is 11.2 Å². The van der Waals surface area contributed by atoms with E-state index in [4.69, 9.17) is 10.5 Å². The first-order valence-corrected chi connectivity index (χ1v) is 7.66. The molecule has 1 fully saturated rings. The van der Waals surface area contributed by atoms with Gasteiger partial charge in [-0.15, -0.1) is 0 Å². The third-order valence-corrected chi connectivity index (χ3v) is 4.57. The molecule has 0 spiro atoms. The van der Waals surface area contributed by atoms with E-state index in [9.17, 15) is 0 Å². The van der Waals surface area contributed by atoms with Crippen LogP contribution in [0.15, 0.2) is 22.7 Å². The molecule has 0 amide bonds. The monoisotopic (exact) mass is 326 g/mol. The van der Waals surface area contributed by atoms with Crippen LogP contribution in [-0.4, -0.2) is 32.3 Å². The second-order valence-electron chi connectivity index (χ2n) is 5.50. The fourth-order valence-corrected chi connectivity index (χ4v) is 3.38. The second-order valence-corrected chi connectivity index (χ2v) is 6.36. The summed E-state index contributed by atoms with van der Waals surface area (Å²) >= 11 is 3.69. The molecule has 0 bridgehead atoms. The van der Waals surface area contributed by atoms with Crippen molar-refractivity contribution >= 4 is 21.6 Å². The summed E-state index contributed by atoms with van der Waals surface area (Å²) in [5.41, 5.74) is 8.10. The standard InChI is InChI=1S/C15H23BrN2O/c1-15(19-2)7-3-9-18(11-15)14-5-4-12(6-8-17)10-13(14)16/h4-5,10H,3,6-9,11,17H2,1-2H3. The van der Waals surface area contributed by atoms with Crippen molar-refractivity contribution in [3.05, 3.63) is 28.2 Å². The summed E-state index contributed by atoms with van der Waals surface area (Å²) in [4.78, 5) is 2.41. The molecule has 1 atom stereocenters. The minimum absolute atomic E-state index is 0.0341. The van der Waals surface area contributed by atoms with Crippen LogP contribution in [0, 0.1) is 0 Å². The lowest BCUT2D eigenvalue weighted by Gasteiger charge is -2.41. The van der Waals surface area contributed by atoms with E-state index in [0.29, 0.717) is 6.54 Å². The Morgan fingerprint density at radius 3 is 2.89 bits per heavy atom. The summed E-state index contributed by atoms with van der Waals surface area (Å²) < 4.78 is 6.81. The zero-order valence-corrected chi connectivity index (χ0v) is 13.4. The lowest BCUT2D eigenvalue weighted by molar-refractivity contribution is -0.00467. The van der Waals surface area contributed by atoms with Crippen molar-refractivity contribution in [2.75, 3.05) is 31.6 Å². The highest BCUT2D eigenvalue weighted by molar-refractivity contribution is 9.10. The summed E-state index contributed by atoms with van der Waals surface area (Å²) in [7, 11) is 1.81. The molecule has 1 aliphatic heterocycles. The summed E-state index contributed by atoms with van der Waals surface area (Å²) in [6, 6.07) is 6.54. The number of halogens is 1. The van der Waals surface area contributed by atoms with Gasteiger partial charge in [0.15, 0.2) is 0 Å². The Morgan fingerprint density at radius 2 is 2.26 bits per heavy atom. The zero-order valence-electron chi connectivity index (χ0n) is 11.8. The largest absolute Gasteiger partial charge is 0.377 e. The van der Waals surface area contributed by atoms with E-state index in [1.165, 1.54) is 17.7 Å². The number of anilines is 1. The number of rotatable bonds is 4. The van der Waals surface area contributed by atoms with Crippen molar-refractivity contribution in [3.63, 3.8) is 0 Å². The van der Waals surface area contributed by atoms with Crippen molar-refractivity contribution in [3.8, 4) is 0 Å². The van der Waals surface area contributed by atoms with E-state index in [-0.39, 0.29) is 5.60 Å². The van der Waals surface area contributed by atoms with Gasteiger partial charge in [-0.25, -0.2) is 0 Å². The lowest BCUT2D eigenvalue weighted by atomic mass is 9.94. The molecule has 1 aromatic rings. The van der Waals surface area contributed by atoms with E-state index in [1.54, 1.807) is 0 Å². The molecule has 0 aliphatic carbocycles. The van der Waals surface area contributed by atoms with Crippen LogP contribution < -0.4 is 10.6 Å². The molecule has 0 radical (unpaired) electrons. The minimum atomic E-state index is -0.0341. The van der Waals surface area contributed by atoms with E-state index in [1.807, 2.05) is 7.11 Å². The number of ether oxygens (including phenoxy) is 1. The molecule has 2 rings (SSSR count). The van der Waals surface area contributed by atoms with Crippen molar-refractivity contribution < 1.29 is 4.74 Å². The highest BCUT2D eigenvalue weighted by Crippen LogP contribution is 2.33. The first-order chi connectivity index (χ1) is 9.08. The average molecular weight is 327 g/mol. The number of piperidine rings is 1. The molecule has 19 heavy (non-hydrogen) atoms. The van der Waals surface area contributed by atoms with Crippen LogP contribution in [0.4, 0.5) is 5.69 Å². The van der Waals surface area contributed by atoms with Crippen molar-refractivity contribution in [2.24, 2.45) is 5.73 Å². The van der Waals surface area contributed by atoms with Crippen LogP contribution in [0.3, 0.4) is 0 Å². The Hall–Kier alpha value is -0.580. The molecule has 2 N–H and O–H groups in total. The lowest BCUT2D eigenvalue weighted by Crippen LogP contribution is -2.47. The third-order valence-electron chi connectivity index (χ3n) is 3.94. The topological polar surface area (TPSA) is 38.5 Å². The van der Waals surface area contributed by atoms with Gasteiger partial charge in [0.1, 0.15) is 0 Å². The maximum Gasteiger partial charge on any atom is 0.0825 e. The van der Waals surface area contributed by atoms with E-state index in [0.717, 1.165) is 30.4 Å². The Kier molecular flexibility index (Phi) is 4.87. The molecule has 4 heteroatoms. The van der Waals surface area contributed by atoms with Gasteiger partial charge < -0.3 is 15.4 Å². The Labute approximate surface area is 124 Å². The molecule has 3 nitrogen and oxygen atoms in total. The van der Waals surface area contributed by atoms with Gasteiger partial charge in [-0.05, 0) is 66.4 Å². The Morgan fingerprint density at radius 1 is 1.47 bits per heavy atom. The number of nitrogens with two attached hydrogens (primary N) is 1. The summed E-state index contributed by atoms with van der Waals surface area (Å²) in [6.45, 7) is 4.92. The summed E-state index contributed by atoms with van der Waals surface area (Å²) in [5, 5.41) is 0. The van der Waals surface area contributed by atoms with Crippen molar-refractivity contribution in [2.45, 2.75) is 31.8 Å². The first kappa shape index (κ1) is 14.8. The second kappa shape index (κ2) is 6.25. The smallest absolute Gasteiger partial charge is 0.0825 e. The molecule has 0 saturated carbocycles. The van der Waals surface area contributed by atoms with Gasteiger partial charge in [0.25, 0.3) is 0 Å². The molecule has 1 aliphatic rings. The quantitative estimate of drug-likeness (QED) is 0.924. The highest BCUT2D eigenvalue weighted by atomic mass is 79.9. The van der Waals surface area contributed by atoms with Crippen LogP contribution in [0.25, 0.3) is 0 Å². The number of hydrogen-bond acceptors (Lipinski definition) is 3. The summed E-state index contributed by atoms with van der Waals surface area (Å²) in [5.74, 6) is 0. The van der Waals surface area contributed by atoms with Crippen molar-refractivity contribution in [1.29, 1.82) is 0 Å². The molecule has 1 heterocycles. The fourth-order valence-electron chi connectivity index (χ4n) is 2.71. The van der Waals surface area contributed by atoms with Gasteiger partial charge in [0, 0.05) is 24.7 Å². The predicted molar refractivity (Wildman–Crippen MR) is 83.8 cm³/mol. The number of benzene rings is 1. The van der Waals surface area contributed by atoms with E-state index >= 15 is 0 Å². The molecule has 0 aromatic heterocycles. The molecule has 1 unspecified atom stereocenters. The van der Waals surface area contributed by atoms with Crippen LogP contribution in [0.2, 0.25) is 0 Å². The highest BCUT2D eigenvalue weighted by Gasteiger charge is 2.31. The predicted octanol–water partition coefficient (Wildman–Crippen LogP) is 2.96. The SMILES string of the molecule is COC1(C)CCCN(c2ccc(CCN)cc2Br)C1. The first-order valence-electron chi connectivity index (χ1n) is 6.86. The maximum absolute atomic E-state index is 5.66. The zero-order chi connectivity index (χ0) is 13.9. The van der Waals surface area contributed by atoms with Crippen molar-refractivity contribution in [1.82, 2.24) is 0 Å². The third kappa shape index (κ3) is 3.50. The molecule has 1 aromatic carbocycles. The van der Waals surface area contributed by atoms with Gasteiger partial charge in [0.05, 0.1) is 11.3 Å². The Balaban J connectivity index is 2.17. The van der Waals surface area contributed by atoms with Crippen LogP contribution in [0.5, 0.6) is 0 Å². The molecular weight excluding hydrogens is 304 g/mol. The van der Waals surface area contributed by atoms with Gasteiger partial charge in [-0.1, -0.05) is 6.07 Å². The number of methoxy groups -OCH3 is 1. The summed E-state index contributed by atoms with van der Waals surface area (Å²) in [6.07, 6.45) is 3.22. The Bertz CT molecular complexity index is 438. The molecule has 1 saturated heterocycles. The normalized spacial score (nSPS) is 23.7. The average Bonchev–Trinajstić information content (AvgIpc) is 2.39. The van der Waals surface area contributed by atoms with Gasteiger partial charge in [0.2, 0.25) is 0 Å². The molecular formula is C15H23BrN2O. The number of hydrogen-bond donors (Lipinski definition) is 1. The van der Waals surface area contributed by atoms with Gasteiger partial charge in [-0.2, -0.15) is 0 Å². The molecule has 106 valence electrons. The minimum Gasteiger partial charge on any atom is -0.377 e.